The molecule has 1 saturated heterocycles. The molecule has 3 aromatic rings. The third kappa shape index (κ3) is 4.26. The van der Waals surface area contributed by atoms with Gasteiger partial charge in [0.25, 0.3) is 0 Å². The second kappa shape index (κ2) is 8.46. The van der Waals surface area contributed by atoms with Gasteiger partial charge in [0.2, 0.25) is 0 Å². The molecule has 0 aliphatic carbocycles. The van der Waals surface area contributed by atoms with Crippen LogP contribution in [-0.2, 0) is 13.5 Å². The molecule has 140 valence electrons. The number of benzene rings is 1. The Morgan fingerprint density at radius 2 is 1.67 bits per heavy atom. The molecular weight excluding hydrogens is 334 g/mol. The summed E-state index contributed by atoms with van der Waals surface area (Å²) in [5.41, 5.74) is 3.77. The van der Waals surface area contributed by atoms with Crippen LogP contribution in [0.3, 0.4) is 0 Å². The van der Waals surface area contributed by atoms with Gasteiger partial charge < -0.3 is 4.90 Å². The highest BCUT2D eigenvalue weighted by Crippen LogP contribution is 2.29. The molecule has 4 rings (SSSR count). The Hall–Kier alpha value is -2.50. The highest BCUT2D eigenvalue weighted by molar-refractivity contribution is 5.28. The van der Waals surface area contributed by atoms with E-state index in [1.807, 2.05) is 30.2 Å². The van der Waals surface area contributed by atoms with E-state index in [0.29, 0.717) is 0 Å². The molecule has 1 aliphatic rings. The van der Waals surface area contributed by atoms with Gasteiger partial charge in [0, 0.05) is 64.3 Å². The van der Waals surface area contributed by atoms with E-state index in [2.05, 4.69) is 68.4 Å². The Morgan fingerprint density at radius 1 is 0.889 bits per heavy atom. The number of piperazine rings is 1. The van der Waals surface area contributed by atoms with Crippen molar-refractivity contribution in [3.05, 3.63) is 83.9 Å². The molecule has 3 heterocycles. The average Bonchev–Trinajstić information content (AvgIpc) is 3.15. The zero-order chi connectivity index (χ0) is 18.5. The standard InChI is InChI=1S/C22H27N5/c1-25-21(10-13-24-25)22(19-7-3-2-4-8-19)27-17-15-26(16-18-27)14-11-20-9-5-6-12-23-20/h2-10,12-13,22H,11,14-18H2,1H3. The summed E-state index contributed by atoms with van der Waals surface area (Å²) in [5.74, 6) is 0. The predicted molar refractivity (Wildman–Crippen MR) is 107 cm³/mol. The second-order valence-corrected chi connectivity index (χ2v) is 7.14. The van der Waals surface area contributed by atoms with E-state index >= 15 is 0 Å². The quantitative estimate of drug-likeness (QED) is 0.677. The molecule has 1 aromatic carbocycles. The molecule has 1 atom stereocenters. The molecule has 0 amide bonds. The van der Waals surface area contributed by atoms with E-state index in [0.717, 1.165) is 39.1 Å². The van der Waals surface area contributed by atoms with Gasteiger partial charge in [-0.3, -0.25) is 14.6 Å². The number of aromatic nitrogens is 3. The largest absolute Gasteiger partial charge is 0.300 e. The molecule has 1 fully saturated rings. The SMILES string of the molecule is Cn1nccc1C(c1ccccc1)N1CCN(CCc2ccccn2)CC1. The Morgan fingerprint density at radius 3 is 2.33 bits per heavy atom. The first-order valence-corrected chi connectivity index (χ1v) is 9.70. The van der Waals surface area contributed by atoms with Crippen molar-refractivity contribution in [2.75, 3.05) is 32.7 Å². The summed E-state index contributed by atoms with van der Waals surface area (Å²) in [6, 6.07) is 19.4. The van der Waals surface area contributed by atoms with Crippen molar-refractivity contribution in [2.24, 2.45) is 7.05 Å². The zero-order valence-electron chi connectivity index (χ0n) is 15.9. The third-order valence-electron chi connectivity index (χ3n) is 5.44. The van der Waals surface area contributed by atoms with Gasteiger partial charge in [0.15, 0.2) is 0 Å². The van der Waals surface area contributed by atoms with Crippen LogP contribution < -0.4 is 0 Å². The maximum Gasteiger partial charge on any atom is 0.0774 e. The first-order chi connectivity index (χ1) is 13.3. The summed E-state index contributed by atoms with van der Waals surface area (Å²) in [7, 11) is 2.04. The van der Waals surface area contributed by atoms with Gasteiger partial charge in [0.05, 0.1) is 11.7 Å². The Labute approximate surface area is 161 Å². The minimum absolute atomic E-state index is 0.261. The first kappa shape index (κ1) is 17.9. The van der Waals surface area contributed by atoms with Crippen LogP contribution in [0.4, 0.5) is 0 Å². The predicted octanol–water partition coefficient (Wildman–Crippen LogP) is 2.76. The van der Waals surface area contributed by atoms with Crippen LogP contribution in [0.25, 0.3) is 0 Å². The third-order valence-corrected chi connectivity index (χ3v) is 5.44. The molecule has 0 saturated carbocycles. The lowest BCUT2D eigenvalue weighted by Crippen LogP contribution is -2.48. The fourth-order valence-corrected chi connectivity index (χ4v) is 3.92. The Balaban J connectivity index is 1.42. The molecule has 5 heteroatoms. The Kier molecular flexibility index (Phi) is 5.61. The van der Waals surface area contributed by atoms with E-state index in [-0.39, 0.29) is 6.04 Å². The zero-order valence-corrected chi connectivity index (χ0v) is 15.9. The molecule has 0 radical (unpaired) electrons. The summed E-state index contributed by atoms with van der Waals surface area (Å²) in [4.78, 5) is 9.58. The summed E-state index contributed by atoms with van der Waals surface area (Å²) in [6.07, 6.45) is 4.80. The van der Waals surface area contributed by atoms with Crippen molar-refractivity contribution in [1.82, 2.24) is 24.6 Å². The van der Waals surface area contributed by atoms with E-state index < -0.39 is 0 Å². The van der Waals surface area contributed by atoms with Crippen LogP contribution in [0.5, 0.6) is 0 Å². The second-order valence-electron chi connectivity index (χ2n) is 7.14. The monoisotopic (exact) mass is 361 g/mol. The van der Waals surface area contributed by atoms with Gasteiger partial charge in [-0.1, -0.05) is 36.4 Å². The van der Waals surface area contributed by atoms with Crippen LogP contribution >= 0.6 is 0 Å². The number of rotatable bonds is 6. The molecule has 0 spiro atoms. The highest BCUT2D eigenvalue weighted by atomic mass is 15.3. The van der Waals surface area contributed by atoms with Crippen molar-refractivity contribution in [3.8, 4) is 0 Å². The van der Waals surface area contributed by atoms with Crippen LogP contribution in [0.1, 0.15) is 23.0 Å². The van der Waals surface area contributed by atoms with Crippen LogP contribution in [0, 0.1) is 0 Å². The van der Waals surface area contributed by atoms with Crippen molar-refractivity contribution < 1.29 is 0 Å². The van der Waals surface area contributed by atoms with Crippen molar-refractivity contribution in [2.45, 2.75) is 12.5 Å². The van der Waals surface area contributed by atoms with Gasteiger partial charge in [-0.2, -0.15) is 5.10 Å². The molecular formula is C22H27N5. The summed E-state index contributed by atoms with van der Waals surface area (Å²) in [6.45, 7) is 5.38. The van der Waals surface area contributed by atoms with Crippen LogP contribution in [0.2, 0.25) is 0 Å². The topological polar surface area (TPSA) is 37.2 Å². The normalized spacial score (nSPS) is 17.1. The van der Waals surface area contributed by atoms with Crippen molar-refractivity contribution >= 4 is 0 Å². The summed E-state index contributed by atoms with van der Waals surface area (Å²) < 4.78 is 2.01. The molecule has 1 aliphatic heterocycles. The van der Waals surface area contributed by atoms with Gasteiger partial charge in [-0.05, 0) is 23.8 Å². The van der Waals surface area contributed by atoms with E-state index in [9.17, 15) is 0 Å². The van der Waals surface area contributed by atoms with Gasteiger partial charge in [-0.15, -0.1) is 0 Å². The van der Waals surface area contributed by atoms with E-state index in [4.69, 9.17) is 0 Å². The lowest BCUT2D eigenvalue weighted by atomic mass is 10.0. The number of nitrogens with zero attached hydrogens (tertiary/aromatic N) is 5. The van der Waals surface area contributed by atoms with Gasteiger partial charge in [-0.25, -0.2) is 0 Å². The molecule has 5 nitrogen and oxygen atoms in total. The maximum atomic E-state index is 4.44. The lowest BCUT2D eigenvalue weighted by molar-refractivity contribution is 0.107. The van der Waals surface area contributed by atoms with Crippen molar-refractivity contribution in [1.29, 1.82) is 0 Å². The minimum atomic E-state index is 0.261. The molecule has 1 unspecified atom stereocenters. The number of hydrogen-bond acceptors (Lipinski definition) is 4. The van der Waals surface area contributed by atoms with E-state index in [1.54, 1.807) is 0 Å². The highest BCUT2D eigenvalue weighted by Gasteiger charge is 2.28. The number of aryl methyl sites for hydroxylation is 1. The smallest absolute Gasteiger partial charge is 0.0774 e. The summed E-state index contributed by atoms with van der Waals surface area (Å²) >= 11 is 0. The average molecular weight is 361 g/mol. The van der Waals surface area contributed by atoms with Crippen molar-refractivity contribution in [3.63, 3.8) is 0 Å². The number of hydrogen-bond donors (Lipinski definition) is 0. The van der Waals surface area contributed by atoms with Gasteiger partial charge >= 0.3 is 0 Å². The molecule has 0 bridgehead atoms. The van der Waals surface area contributed by atoms with Gasteiger partial charge in [0.1, 0.15) is 0 Å². The summed E-state index contributed by atoms with van der Waals surface area (Å²) in [5, 5.41) is 4.41. The maximum absolute atomic E-state index is 4.44. The fourth-order valence-electron chi connectivity index (χ4n) is 3.92. The first-order valence-electron chi connectivity index (χ1n) is 9.70. The Bertz CT molecular complexity index is 822. The fraction of sp³-hybridized carbons (Fsp3) is 0.364. The molecule has 0 N–H and O–H groups in total. The molecule has 27 heavy (non-hydrogen) atoms. The van der Waals surface area contributed by atoms with Crippen LogP contribution in [-0.4, -0.2) is 57.3 Å². The number of pyridine rings is 1. The molecule has 2 aromatic heterocycles. The van der Waals surface area contributed by atoms with E-state index in [1.165, 1.54) is 17.0 Å². The lowest BCUT2D eigenvalue weighted by Gasteiger charge is -2.39. The minimum Gasteiger partial charge on any atom is -0.300 e. The van der Waals surface area contributed by atoms with Crippen LogP contribution in [0.15, 0.2) is 67.0 Å².